The number of ether oxygens (including phenoxy) is 3. The zero-order chi connectivity index (χ0) is 25.5. The second-order valence-electron chi connectivity index (χ2n) is 7.78. The molecule has 0 radical (unpaired) electrons. The van der Waals surface area contributed by atoms with Gasteiger partial charge in [0, 0.05) is 23.1 Å². The molecule has 0 bridgehead atoms. The number of aromatic nitrogens is 1. The highest BCUT2D eigenvalue weighted by Crippen LogP contribution is 2.44. The molecule has 2 N–H and O–H groups in total. The molecule has 0 spiro atoms. The van der Waals surface area contributed by atoms with Crippen molar-refractivity contribution in [3.8, 4) is 11.8 Å². The first kappa shape index (κ1) is 24.9. The summed E-state index contributed by atoms with van der Waals surface area (Å²) in [5, 5.41) is 10.9. The lowest BCUT2D eigenvalue weighted by Crippen LogP contribution is -2.26. The topological polar surface area (TPSA) is 107 Å². The number of benzene rings is 2. The fourth-order valence-corrected chi connectivity index (χ4v) is 4.83. The van der Waals surface area contributed by atoms with Crippen molar-refractivity contribution in [2.75, 3.05) is 13.7 Å². The van der Waals surface area contributed by atoms with Crippen LogP contribution in [0.15, 0.2) is 95.0 Å². The van der Waals surface area contributed by atoms with Crippen LogP contribution in [0.3, 0.4) is 0 Å². The summed E-state index contributed by atoms with van der Waals surface area (Å²) in [6.07, 6.45) is 1.74. The zero-order valence-corrected chi connectivity index (χ0v) is 20.7. The minimum Gasteiger partial charge on any atom is -0.496 e. The van der Waals surface area contributed by atoms with E-state index in [0.29, 0.717) is 22.6 Å². The van der Waals surface area contributed by atoms with Crippen molar-refractivity contribution in [3.63, 3.8) is 0 Å². The lowest BCUT2D eigenvalue weighted by Gasteiger charge is -2.28. The second kappa shape index (κ2) is 11.5. The lowest BCUT2D eigenvalue weighted by molar-refractivity contribution is -0.138. The molecule has 7 nitrogen and oxygen atoms in total. The Bertz CT molecular complexity index is 1350. The molecule has 0 fully saturated rings. The number of hydrogen-bond acceptors (Lipinski definition) is 8. The fourth-order valence-electron chi connectivity index (χ4n) is 3.99. The van der Waals surface area contributed by atoms with Crippen LogP contribution in [0.4, 0.5) is 0 Å². The van der Waals surface area contributed by atoms with Gasteiger partial charge >= 0.3 is 5.97 Å². The molecule has 1 aromatic heterocycles. The number of thioether (sulfide) groups is 1. The molecular formula is C28H25N3O4S. The Labute approximate surface area is 214 Å². The number of methoxy groups -OCH3 is 1. The molecule has 2 aromatic carbocycles. The third-order valence-electron chi connectivity index (χ3n) is 5.60. The first-order valence-electron chi connectivity index (χ1n) is 11.3. The van der Waals surface area contributed by atoms with Crippen LogP contribution in [-0.2, 0) is 20.0 Å². The molecule has 1 aliphatic rings. The Morgan fingerprint density at radius 2 is 1.94 bits per heavy atom. The van der Waals surface area contributed by atoms with E-state index in [-0.39, 0.29) is 29.4 Å². The van der Waals surface area contributed by atoms with E-state index in [4.69, 9.17) is 19.9 Å². The standard InChI is InChI=1S/C28H25N3O4S/c1-3-34-28(32)25-24(21(16-29)27(30)35-26(25)18-9-5-4-6-10-18)19-12-13-22(33-2)20(15-19)17-36-23-11-7-8-14-31-23/h4-15,24H,3,17,30H2,1-2H3/t24-/m0/s1. The van der Waals surface area contributed by atoms with Crippen molar-refractivity contribution in [1.29, 1.82) is 5.26 Å². The normalized spacial score (nSPS) is 15.2. The van der Waals surface area contributed by atoms with E-state index in [1.807, 2.05) is 66.7 Å². The van der Waals surface area contributed by atoms with Crippen molar-refractivity contribution in [2.45, 2.75) is 23.6 Å². The van der Waals surface area contributed by atoms with Gasteiger partial charge in [0.2, 0.25) is 5.88 Å². The Balaban J connectivity index is 1.84. The fraction of sp³-hybridized carbons (Fsp3) is 0.179. The third kappa shape index (κ3) is 5.21. The molecule has 36 heavy (non-hydrogen) atoms. The molecule has 8 heteroatoms. The summed E-state index contributed by atoms with van der Waals surface area (Å²) in [6, 6.07) is 22.6. The van der Waals surface area contributed by atoms with Gasteiger partial charge in [-0.2, -0.15) is 5.26 Å². The smallest absolute Gasteiger partial charge is 0.338 e. The highest BCUT2D eigenvalue weighted by Gasteiger charge is 2.38. The van der Waals surface area contributed by atoms with Gasteiger partial charge in [-0.15, -0.1) is 11.8 Å². The van der Waals surface area contributed by atoms with Gasteiger partial charge in [-0.05, 0) is 30.7 Å². The van der Waals surface area contributed by atoms with E-state index >= 15 is 0 Å². The van der Waals surface area contributed by atoms with Gasteiger partial charge in [0.05, 0.1) is 30.2 Å². The predicted molar refractivity (Wildman–Crippen MR) is 137 cm³/mol. The first-order valence-corrected chi connectivity index (χ1v) is 12.3. The number of pyridine rings is 1. The quantitative estimate of drug-likeness (QED) is 0.334. The zero-order valence-electron chi connectivity index (χ0n) is 19.9. The Kier molecular flexibility index (Phi) is 7.93. The monoisotopic (exact) mass is 499 g/mol. The van der Waals surface area contributed by atoms with E-state index < -0.39 is 11.9 Å². The van der Waals surface area contributed by atoms with Gasteiger partial charge in [-0.1, -0.05) is 48.5 Å². The van der Waals surface area contributed by atoms with Crippen LogP contribution < -0.4 is 10.5 Å². The summed E-state index contributed by atoms with van der Waals surface area (Å²) >= 11 is 1.56. The molecule has 1 atom stereocenters. The first-order chi connectivity index (χ1) is 17.6. The van der Waals surface area contributed by atoms with Gasteiger partial charge in [0.25, 0.3) is 0 Å². The number of hydrogen-bond donors (Lipinski definition) is 1. The average molecular weight is 500 g/mol. The van der Waals surface area contributed by atoms with Gasteiger partial charge in [0.15, 0.2) is 0 Å². The summed E-state index contributed by atoms with van der Waals surface area (Å²) in [7, 11) is 1.61. The molecule has 0 saturated heterocycles. The number of esters is 1. The molecular weight excluding hydrogens is 474 g/mol. The SMILES string of the molecule is CCOC(=O)C1=C(c2ccccc2)OC(N)=C(C#N)[C@@H]1c1ccc(OC)c(CSc2ccccn2)c1. The molecule has 2 heterocycles. The van der Waals surface area contributed by atoms with E-state index in [1.165, 1.54) is 0 Å². The number of rotatable bonds is 8. The van der Waals surface area contributed by atoms with Crippen LogP contribution in [0.1, 0.15) is 29.5 Å². The van der Waals surface area contributed by atoms with E-state index in [0.717, 1.165) is 10.6 Å². The summed E-state index contributed by atoms with van der Waals surface area (Å²) in [5.74, 6) is 0.145. The second-order valence-corrected chi connectivity index (χ2v) is 8.78. The number of carbonyl (C=O) groups excluding carboxylic acids is 1. The molecule has 0 saturated carbocycles. The largest absolute Gasteiger partial charge is 0.496 e. The molecule has 1 aliphatic heterocycles. The van der Waals surface area contributed by atoms with Gasteiger partial charge in [0.1, 0.15) is 23.2 Å². The minimum absolute atomic E-state index is 0.0466. The van der Waals surface area contributed by atoms with E-state index in [1.54, 1.807) is 32.0 Å². The number of nitrogens with zero attached hydrogens (tertiary/aromatic N) is 2. The van der Waals surface area contributed by atoms with Gasteiger partial charge in [-0.3, -0.25) is 0 Å². The molecule has 0 aliphatic carbocycles. The maximum absolute atomic E-state index is 13.3. The predicted octanol–water partition coefficient (Wildman–Crippen LogP) is 5.16. The Morgan fingerprint density at radius 3 is 2.61 bits per heavy atom. The van der Waals surface area contributed by atoms with Crippen molar-refractivity contribution < 1.29 is 19.0 Å². The molecule has 3 aromatic rings. The average Bonchev–Trinajstić information content (AvgIpc) is 2.92. The molecule has 182 valence electrons. The Hall–Kier alpha value is -4.22. The lowest BCUT2D eigenvalue weighted by atomic mass is 9.81. The molecule has 0 amide bonds. The van der Waals surface area contributed by atoms with Crippen LogP contribution in [0, 0.1) is 11.3 Å². The number of carbonyl (C=O) groups is 1. The number of nitrogens with two attached hydrogens (primary N) is 1. The maximum Gasteiger partial charge on any atom is 0.338 e. The number of allylic oxidation sites excluding steroid dienone is 1. The molecule has 4 rings (SSSR count). The summed E-state index contributed by atoms with van der Waals surface area (Å²) in [4.78, 5) is 17.6. The highest BCUT2D eigenvalue weighted by molar-refractivity contribution is 7.98. The summed E-state index contributed by atoms with van der Waals surface area (Å²) < 4.78 is 16.9. The van der Waals surface area contributed by atoms with Crippen molar-refractivity contribution in [3.05, 3.63) is 107 Å². The van der Waals surface area contributed by atoms with Crippen LogP contribution in [0.2, 0.25) is 0 Å². The maximum atomic E-state index is 13.3. The van der Waals surface area contributed by atoms with Crippen LogP contribution in [0.5, 0.6) is 5.75 Å². The van der Waals surface area contributed by atoms with Crippen molar-refractivity contribution >= 4 is 23.5 Å². The van der Waals surface area contributed by atoms with Crippen molar-refractivity contribution in [2.24, 2.45) is 5.73 Å². The third-order valence-corrected chi connectivity index (χ3v) is 6.59. The van der Waals surface area contributed by atoms with Crippen LogP contribution in [0.25, 0.3) is 5.76 Å². The summed E-state index contributed by atoms with van der Waals surface area (Å²) in [5.41, 5.74) is 8.84. The van der Waals surface area contributed by atoms with E-state index in [9.17, 15) is 10.1 Å². The summed E-state index contributed by atoms with van der Waals surface area (Å²) in [6.45, 7) is 1.90. The molecule has 0 unspecified atom stereocenters. The van der Waals surface area contributed by atoms with E-state index in [2.05, 4.69) is 11.1 Å². The van der Waals surface area contributed by atoms with Crippen LogP contribution >= 0.6 is 11.8 Å². The van der Waals surface area contributed by atoms with Gasteiger partial charge < -0.3 is 19.9 Å². The highest BCUT2D eigenvalue weighted by atomic mass is 32.2. The van der Waals surface area contributed by atoms with Crippen molar-refractivity contribution in [1.82, 2.24) is 4.98 Å². The Morgan fingerprint density at radius 1 is 1.17 bits per heavy atom. The minimum atomic E-state index is -0.775. The number of nitriles is 1. The van der Waals surface area contributed by atoms with Crippen LogP contribution in [-0.4, -0.2) is 24.7 Å². The van der Waals surface area contributed by atoms with Gasteiger partial charge in [-0.25, -0.2) is 9.78 Å².